The van der Waals surface area contributed by atoms with Gasteiger partial charge in [-0.05, 0) is 12.1 Å². The molecule has 0 saturated heterocycles. The molecule has 0 radical (unpaired) electrons. The fourth-order valence-electron chi connectivity index (χ4n) is 0.654. The number of carboxylic acid groups (broad SMARTS) is 1. The number of thiol groups is 1. The van der Waals surface area contributed by atoms with Gasteiger partial charge in [0.1, 0.15) is 0 Å². The van der Waals surface area contributed by atoms with Gasteiger partial charge in [0.15, 0.2) is 0 Å². The Kier molecular flexibility index (Phi) is 6.21. The molecule has 0 aliphatic carbocycles. The number of carbonyl (C=O) groups excluding carboxylic acids is 1. The minimum absolute atomic E-state index is 0.242. The molecular formula is C10H13NO3S. The number of carboxylic acids is 1. The molecule has 5 heteroatoms. The minimum Gasteiger partial charge on any atom is -0.478 e. The molecule has 1 rings (SSSR count). The third kappa shape index (κ3) is 5.74. The van der Waals surface area contributed by atoms with Crippen molar-refractivity contribution in [2.45, 2.75) is 4.90 Å². The predicted octanol–water partition coefficient (Wildman–Crippen LogP) is 1.38. The molecule has 1 N–H and O–H groups in total. The van der Waals surface area contributed by atoms with E-state index in [-0.39, 0.29) is 5.56 Å². The monoisotopic (exact) mass is 227 g/mol. The van der Waals surface area contributed by atoms with E-state index in [0.717, 1.165) is 6.41 Å². The maximum Gasteiger partial charge on any atom is 0.336 e. The Bertz CT molecular complexity index is 339. The number of aromatic carboxylic acids is 1. The molecule has 1 aromatic carbocycles. The summed E-state index contributed by atoms with van der Waals surface area (Å²) < 4.78 is 0. The Morgan fingerprint density at radius 2 is 1.87 bits per heavy atom. The van der Waals surface area contributed by atoms with E-state index in [9.17, 15) is 9.59 Å². The van der Waals surface area contributed by atoms with Crippen LogP contribution in [0.25, 0.3) is 0 Å². The largest absolute Gasteiger partial charge is 0.478 e. The van der Waals surface area contributed by atoms with Crippen LogP contribution in [-0.2, 0) is 4.79 Å². The van der Waals surface area contributed by atoms with E-state index in [2.05, 4.69) is 12.6 Å². The molecule has 1 aromatic rings. The van der Waals surface area contributed by atoms with E-state index in [0.29, 0.717) is 4.90 Å². The molecule has 0 aliphatic rings. The Labute approximate surface area is 93.9 Å². The zero-order valence-electron chi connectivity index (χ0n) is 8.54. The molecule has 0 aromatic heterocycles. The number of hydrogen-bond donors (Lipinski definition) is 2. The molecule has 0 heterocycles. The van der Waals surface area contributed by atoms with Crippen LogP contribution in [0, 0.1) is 0 Å². The van der Waals surface area contributed by atoms with Crippen LogP contribution in [0.3, 0.4) is 0 Å². The molecule has 0 fully saturated rings. The molecule has 82 valence electrons. The van der Waals surface area contributed by atoms with Gasteiger partial charge in [-0.1, -0.05) is 12.1 Å². The van der Waals surface area contributed by atoms with Gasteiger partial charge in [-0.25, -0.2) is 4.79 Å². The van der Waals surface area contributed by atoms with Crippen LogP contribution in [-0.4, -0.2) is 36.5 Å². The van der Waals surface area contributed by atoms with E-state index in [1.165, 1.54) is 11.0 Å². The van der Waals surface area contributed by atoms with Gasteiger partial charge in [0.2, 0.25) is 6.41 Å². The zero-order chi connectivity index (χ0) is 11.8. The van der Waals surface area contributed by atoms with E-state index in [1.54, 1.807) is 32.3 Å². The number of rotatable bonds is 2. The van der Waals surface area contributed by atoms with E-state index >= 15 is 0 Å². The average Bonchev–Trinajstić information content (AvgIpc) is 2.19. The van der Waals surface area contributed by atoms with Crippen molar-refractivity contribution in [2.24, 2.45) is 0 Å². The van der Waals surface area contributed by atoms with E-state index in [1.807, 2.05) is 0 Å². The van der Waals surface area contributed by atoms with Crippen molar-refractivity contribution < 1.29 is 14.7 Å². The third-order valence-corrected chi connectivity index (χ3v) is 1.74. The van der Waals surface area contributed by atoms with Crippen LogP contribution >= 0.6 is 12.6 Å². The number of benzene rings is 1. The molecule has 0 atom stereocenters. The first-order chi connectivity index (χ1) is 6.99. The van der Waals surface area contributed by atoms with Crippen molar-refractivity contribution in [3.05, 3.63) is 29.8 Å². The normalized spacial score (nSPS) is 8.47. The number of amides is 1. The van der Waals surface area contributed by atoms with Gasteiger partial charge in [0.25, 0.3) is 0 Å². The summed E-state index contributed by atoms with van der Waals surface area (Å²) in [6, 6.07) is 6.58. The van der Waals surface area contributed by atoms with Crippen molar-refractivity contribution in [2.75, 3.05) is 14.1 Å². The summed E-state index contributed by atoms with van der Waals surface area (Å²) in [5.74, 6) is -0.939. The van der Waals surface area contributed by atoms with Gasteiger partial charge in [-0.15, -0.1) is 12.6 Å². The van der Waals surface area contributed by atoms with Crippen LogP contribution < -0.4 is 0 Å². The van der Waals surface area contributed by atoms with Crippen molar-refractivity contribution in [1.29, 1.82) is 0 Å². The molecule has 0 saturated carbocycles. The highest BCUT2D eigenvalue weighted by Crippen LogP contribution is 2.11. The summed E-state index contributed by atoms with van der Waals surface area (Å²) in [6.45, 7) is 0. The summed E-state index contributed by atoms with van der Waals surface area (Å²) in [5.41, 5.74) is 0.242. The standard InChI is InChI=1S/C7H6O2S.C3H7NO/c8-7(9)5-3-1-2-4-6(5)10;1-4(2)3-5/h1-4,10H,(H,8,9);3H,1-2H3. The Balaban J connectivity index is 0.000000336. The second-order valence-electron chi connectivity index (χ2n) is 2.89. The number of carbonyl (C=O) groups is 2. The summed E-state index contributed by atoms with van der Waals surface area (Å²) in [5, 5.41) is 8.52. The highest BCUT2D eigenvalue weighted by Gasteiger charge is 2.03. The first kappa shape index (κ1) is 13.5. The lowest BCUT2D eigenvalue weighted by molar-refractivity contribution is -0.115. The van der Waals surface area contributed by atoms with Crippen molar-refractivity contribution in [1.82, 2.24) is 4.90 Å². The zero-order valence-corrected chi connectivity index (χ0v) is 9.44. The Morgan fingerprint density at radius 3 is 2.13 bits per heavy atom. The van der Waals surface area contributed by atoms with Crippen molar-refractivity contribution >= 4 is 25.0 Å². The molecule has 0 unspecified atom stereocenters. The van der Waals surface area contributed by atoms with Crippen LogP contribution in [0.2, 0.25) is 0 Å². The fourth-order valence-corrected chi connectivity index (χ4v) is 0.911. The van der Waals surface area contributed by atoms with E-state index in [4.69, 9.17) is 5.11 Å². The molecule has 0 bridgehead atoms. The summed E-state index contributed by atoms with van der Waals surface area (Å²) >= 11 is 3.96. The molecule has 1 amide bonds. The molecule has 4 nitrogen and oxygen atoms in total. The van der Waals surface area contributed by atoms with Gasteiger partial charge in [0.05, 0.1) is 5.56 Å². The van der Waals surface area contributed by atoms with Crippen LogP contribution in [0.5, 0.6) is 0 Å². The van der Waals surface area contributed by atoms with Gasteiger partial charge >= 0.3 is 5.97 Å². The van der Waals surface area contributed by atoms with Crippen LogP contribution in [0.4, 0.5) is 0 Å². The highest BCUT2D eigenvalue weighted by atomic mass is 32.1. The van der Waals surface area contributed by atoms with Crippen molar-refractivity contribution in [3.8, 4) is 0 Å². The maximum absolute atomic E-state index is 10.4. The van der Waals surface area contributed by atoms with Gasteiger partial charge in [0, 0.05) is 19.0 Å². The summed E-state index contributed by atoms with van der Waals surface area (Å²) in [4.78, 5) is 21.7. The summed E-state index contributed by atoms with van der Waals surface area (Å²) in [6.07, 6.45) is 0.750. The lowest BCUT2D eigenvalue weighted by Crippen LogP contribution is -2.06. The minimum atomic E-state index is -0.939. The fraction of sp³-hybridized carbons (Fsp3) is 0.200. The maximum atomic E-state index is 10.4. The first-order valence-corrected chi connectivity index (χ1v) is 4.56. The number of nitrogens with zero attached hydrogens (tertiary/aromatic N) is 1. The third-order valence-electron chi connectivity index (χ3n) is 1.35. The molecule has 0 aliphatic heterocycles. The Morgan fingerprint density at radius 1 is 1.40 bits per heavy atom. The topological polar surface area (TPSA) is 57.6 Å². The van der Waals surface area contributed by atoms with Crippen molar-refractivity contribution in [3.63, 3.8) is 0 Å². The second-order valence-corrected chi connectivity index (χ2v) is 3.37. The average molecular weight is 227 g/mol. The lowest BCUT2D eigenvalue weighted by Gasteiger charge is -1.95. The smallest absolute Gasteiger partial charge is 0.336 e. The Hall–Kier alpha value is -1.49. The number of hydrogen-bond acceptors (Lipinski definition) is 3. The summed E-state index contributed by atoms with van der Waals surface area (Å²) in [7, 11) is 3.38. The van der Waals surface area contributed by atoms with Gasteiger partial charge in [-0.2, -0.15) is 0 Å². The highest BCUT2D eigenvalue weighted by molar-refractivity contribution is 7.80. The van der Waals surface area contributed by atoms with Crippen LogP contribution in [0.1, 0.15) is 10.4 Å². The quantitative estimate of drug-likeness (QED) is 0.592. The molecule has 0 spiro atoms. The van der Waals surface area contributed by atoms with Gasteiger partial charge in [-0.3, -0.25) is 4.79 Å². The SMILES string of the molecule is CN(C)C=O.O=C(O)c1ccccc1S. The second kappa shape index (κ2) is 6.89. The molecule has 15 heavy (non-hydrogen) atoms. The van der Waals surface area contributed by atoms with E-state index < -0.39 is 5.97 Å². The molecular weight excluding hydrogens is 214 g/mol. The first-order valence-electron chi connectivity index (χ1n) is 4.12. The van der Waals surface area contributed by atoms with Gasteiger partial charge < -0.3 is 10.0 Å². The lowest BCUT2D eigenvalue weighted by atomic mass is 10.2. The predicted molar refractivity (Wildman–Crippen MR) is 60.4 cm³/mol. The van der Waals surface area contributed by atoms with Crippen LogP contribution in [0.15, 0.2) is 29.2 Å².